The van der Waals surface area contributed by atoms with Crippen molar-refractivity contribution in [1.82, 2.24) is 0 Å². The number of nitro benzene ring substituents is 1. The first kappa shape index (κ1) is 16.1. The number of hydrogen-bond acceptors (Lipinski definition) is 4. The third-order valence-corrected chi connectivity index (χ3v) is 5.05. The van der Waals surface area contributed by atoms with Gasteiger partial charge in [-0.25, -0.2) is 0 Å². The molecule has 24 heavy (non-hydrogen) atoms. The fourth-order valence-corrected chi connectivity index (χ4v) is 3.56. The zero-order chi connectivity index (χ0) is 17.3. The molecule has 3 aromatic rings. The van der Waals surface area contributed by atoms with Crippen LogP contribution in [0.5, 0.6) is 0 Å². The first-order chi connectivity index (χ1) is 11.5. The number of nitro groups is 1. The number of thiazole rings is 1. The van der Waals surface area contributed by atoms with Crippen molar-refractivity contribution in [2.45, 2.75) is 0 Å². The fourth-order valence-electron chi connectivity index (χ4n) is 2.47. The van der Waals surface area contributed by atoms with Gasteiger partial charge in [0.15, 0.2) is 0 Å². The second-order valence-electron chi connectivity index (χ2n) is 5.73. The molecule has 6 heteroatoms. The molecule has 0 aliphatic carbocycles. The summed E-state index contributed by atoms with van der Waals surface area (Å²) in [5, 5.41) is 12.0. The van der Waals surface area contributed by atoms with Crippen molar-refractivity contribution in [1.29, 1.82) is 0 Å². The van der Waals surface area contributed by atoms with E-state index in [1.165, 1.54) is 0 Å². The van der Waals surface area contributed by atoms with E-state index in [1.807, 2.05) is 27.2 Å². The van der Waals surface area contributed by atoms with E-state index in [1.54, 1.807) is 29.5 Å². The van der Waals surface area contributed by atoms with Gasteiger partial charge in [-0.3, -0.25) is 10.1 Å². The van der Waals surface area contributed by atoms with Crippen molar-refractivity contribution in [3.8, 4) is 0 Å². The van der Waals surface area contributed by atoms with Crippen LogP contribution in [0.1, 0.15) is 10.6 Å². The van der Waals surface area contributed by atoms with E-state index >= 15 is 0 Å². The highest BCUT2D eigenvalue weighted by molar-refractivity contribution is 7.18. The predicted molar refractivity (Wildman–Crippen MR) is 99.4 cm³/mol. The van der Waals surface area contributed by atoms with E-state index in [0.717, 1.165) is 26.5 Å². The topological polar surface area (TPSA) is 50.3 Å². The summed E-state index contributed by atoms with van der Waals surface area (Å²) in [6.45, 7) is 0. The smallest absolute Gasteiger partial charge is 0.271 e. The zero-order valence-corrected chi connectivity index (χ0v) is 14.6. The molecule has 0 fully saturated rings. The Morgan fingerprint density at radius 2 is 1.83 bits per heavy atom. The SMILES string of the molecule is CN(C)c1ccc(C=Cc2sc3cc([N+](=O)[O-])ccc3[n+]2C)cc1. The normalized spacial score (nSPS) is 11.3. The van der Waals surface area contributed by atoms with Crippen LogP contribution in [0.15, 0.2) is 42.5 Å². The Bertz CT molecular complexity index is 927. The third-order valence-electron chi connectivity index (χ3n) is 3.89. The fraction of sp³-hybridized carbons (Fsp3) is 0.167. The summed E-state index contributed by atoms with van der Waals surface area (Å²) < 4.78 is 2.96. The number of aryl methyl sites for hydroxylation is 1. The van der Waals surface area contributed by atoms with Gasteiger partial charge in [0.2, 0.25) is 5.52 Å². The van der Waals surface area contributed by atoms with Gasteiger partial charge in [0, 0.05) is 44.1 Å². The lowest BCUT2D eigenvalue weighted by atomic mass is 10.2. The standard InChI is InChI=1S/C18H18N3O2S/c1-19(2)14-7-4-13(5-8-14)6-11-18-20(3)16-10-9-15(21(22)23)12-17(16)24-18/h4-12H,1-3H3/q+1. The maximum absolute atomic E-state index is 10.9. The van der Waals surface area contributed by atoms with E-state index in [9.17, 15) is 10.1 Å². The molecule has 0 N–H and O–H groups in total. The maximum atomic E-state index is 10.9. The molecule has 122 valence electrons. The lowest BCUT2D eigenvalue weighted by molar-refractivity contribution is -0.642. The minimum atomic E-state index is -0.360. The molecule has 0 aliphatic heterocycles. The van der Waals surface area contributed by atoms with E-state index in [0.29, 0.717) is 0 Å². The lowest BCUT2D eigenvalue weighted by Crippen LogP contribution is -2.28. The summed E-state index contributed by atoms with van der Waals surface area (Å²) in [7, 11) is 6.00. The molecule has 3 rings (SSSR count). The molecule has 0 radical (unpaired) electrons. The van der Waals surface area contributed by atoms with Crippen LogP contribution < -0.4 is 9.47 Å². The highest BCUT2D eigenvalue weighted by Gasteiger charge is 2.17. The van der Waals surface area contributed by atoms with Crippen molar-refractivity contribution in [2.75, 3.05) is 19.0 Å². The number of hydrogen-bond donors (Lipinski definition) is 0. The van der Waals surface area contributed by atoms with Crippen LogP contribution >= 0.6 is 11.3 Å². The van der Waals surface area contributed by atoms with Gasteiger partial charge < -0.3 is 4.90 Å². The van der Waals surface area contributed by atoms with Gasteiger partial charge >= 0.3 is 0 Å². The Labute approximate surface area is 144 Å². The average Bonchev–Trinajstić information content (AvgIpc) is 2.89. The Morgan fingerprint density at radius 1 is 1.12 bits per heavy atom. The number of anilines is 1. The second-order valence-corrected chi connectivity index (χ2v) is 6.79. The largest absolute Gasteiger partial charge is 0.378 e. The molecule has 0 unspecified atom stereocenters. The Kier molecular flexibility index (Phi) is 4.31. The molecule has 2 aromatic carbocycles. The minimum absolute atomic E-state index is 0.124. The summed E-state index contributed by atoms with van der Waals surface area (Å²) in [6, 6.07) is 13.3. The first-order valence-electron chi connectivity index (χ1n) is 7.48. The second kappa shape index (κ2) is 6.41. The third kappa shape index (κ3) is 3.14. The van der Waals surface area contributed by atoms with Gasteiger partial charge in [0.1, 0.15) is 11.7 Å². The molecule has 0 spiro atoms. The van der Waals surface area contributed by atoms with Crippen LogP contribution in [0.3, 0.4) is 0 Å². The Morgan fingerprint density at radius 3 is 2.46 bits per heavy atom. The first-order valence-corrected chi connectivity index (χ1v) is 8.30. The van der Waals surface area contributed by atoms with E-state index in [-0.39, 0.29) is 10.6 Å². The summed E-state index contributed by atoms with van der Waals surface area (Å²) >= 11 is 1.55. The monoisotopic (exact) mass is 340 g/mol. The van der Waals surface area contributed by atoms with Crippen LogP contribution in [0.25, 0.3) is 22.4 Å². The number of rotatable bonds is 4. The Balaban J connectivity index is 1.91. The number of non-ortho nitro benzene ring substituents is 1. The van der Waals surface area contributed by atoms with Crippen LogP contribution in [0.4, 0.5) is 11.4 Å². The summed E-state index contributed by atoms with van der Waals surface area (Å²) in [4.78, 5) is 12.6. The molecule has 0 saturated heterocycles. The molecule has 1 heterocycles. The van der Waals surface area contributed by atoms with Crippen LogP contribution in [0.2, 0.25) is 0 Å². The number of nitrogens with zero attached hydrogens (tertiary/aromatic N) is 3. The van der Waals surface area contributed by atoms with Crippen molar-refractivity contribution in [2.24, 2.45) is 7.05 Å². The van der Waals surface area contributed by atoms with Crippen LogP contribution in [-0.2, 0) is 7.05 Å². The average molecular weight is 340 g/mol. The van der Waals surface area contributed by atoms with Gasteiger partial charge in [0.25, 0.3) is 10.7 Å². The number of benzene rings is 2. The molecule has 0 bridgehead atoms. The van der Waals surface area contributed by atoms with Crippen LogP contribution in [0, 0.1) is 10.1 Å². The molecule has 1 aromatic heterocycles. The molecule has 5 nitrogen and oxygen atoms in total. The Hall–Kier alpha value is -2.73. The highest BCUT2D eigenvalue weighted by atomic mass is 32.1. The van der Waals surface area contributed by atoms with Gasteiger partial charge in [-0.2, -0.15) is 4.57 Å². The quantitative estimate of drug-likeness (QED) is 0.411. The summed E-state index contributed by atoms with van der Waals surface area (Å²) in [5.41, 5.74) is 3.39. The van der Waals surface area contributed by atoms with Crippen molar-refractivity contribution in [3.63, 3.8) is 0 Å². The molecular formula is C18H18N3O2S+. The van der Waals surface area contributed by atoms with E-state index in [4.69, 9.17) is 0 Å². The molecule has 0 atom stereocenters. The van der Waals surface area contributed by atoms with Gasteiger partial charge in [-0.05, 0) is 23.8 Å². The number of fused-ring (bicyclic) bond motifs is 1. The summed E-state index contributed by atoms with van der Waals surface area (Å²) in [5.74, 6) is 0. The highest BCUT2D eigenvalue weighted by Crippen LogP contribution is 2.26. The lowest BCUT2D eigenvalue weighted by Gasteiger charge is -2.11. The van der Waals surface area contributed by atoms with E-state index < -0.39 is 0 Å². The minimum Gasteiger partial charge on any atom is -0.378 e. The molecule has 0 amide bonds. The van der Waals surface area contributed by atoms with Gasteiger partial charge in [-0.15, -0.1) is 0 Å². The zero-order valence-electron chi connectivity index (χ0n) is 13.8. The van der Waals surface area contributed by atoms with Crippen LogP contribution in [-0.4, -0.2) is 19.0 Å². The van der Waals surface area contributed by atoms with Crippen molar-refractivity contribution >= 4 is 45.1 Å². The predicted octanol–water partition coefficient (Wildman–Crippen LogP) is 3.87. The van der Waals surface area contributed by atoms with E-state index in [2.05, 4.69) is 39.8 Å². The number of aromatic nitrogens is 1. The molecule has 0 saturated carbocycles. The van der Waals surface area contributed by atoms with Gasteiger partial charge in [0.05, 0.1) is 4.92 Å². The molecular weight excluding hydrogens is 322 g/mol. The summed E-state index contributed by atoms with van der Waals surface area (Å²) in [6.07, 6.45) is 4.10. The van der Waals surface area contributed by atoms with Crippen molar-refractivity contribution < 1.29 is 9.49 Å². The molecule has 0 aliphatic rings. The van der Waals surface area contributed by atoms with Gasteiger partial charge in [-0.1, -0.05) is 23.5 Å². The maximum Gasteiger partial charge on any atom is 0.271 e. The van der Waals surface area contributed by atoms with Crippen molar-refractivity contribution in [3.05, 3.63) is 63.1 Å².